The number of carbonyl (C=O) groups excluding carboxylic acids is 2. The standard InChI is InChI=1S/C23H20FN3O2S/c24-17-10-4-2-8-15(17)14-27-18-11-5-3-9-16(18)19(22(27)29)20-21(28)25-23(30-20)26-12-6-1-7-13-26/h2-5,8-11H,1,6-7,12-14H2/b20-19-. The quantitative estimate of drug-likeness (QED) is 0.682. The molecule has 0 unspecified atom stereocenters. The number of hydrogen-bond donors (Lipinski definition) is 0. The first kappa shape index (κ1) is 19.1. The molecule has 0 spiro atoms. The van der Waals surface area contributed by atoms with Crippen molar-refractivity contribution < 1.29 is 14.0 Å². The van der Waals surface area contributed by atoms with Crippen LogP contribution in [-0.2, 0) is 16.1 Å². The van der Waals surface area contributed by atoms with Crippen LogP contribution in [0.4, 0.5) is 10.1 Å². The molecule has 1 fully saturated rings. The predicted molar refractivity (Wildman–Crippen MR) is 116 cm³/mol. The number of nitrogens with zero attached hydrogens (tertiary/aromatic N) is 3. The van der Waals surface area contributed by atoms with Crippen molar-refractivity contribution in [2.45, 2.75) is 25.8 Å². The van der Waals surface area contributed by atoms with E-state index in [4.69, 9.17) is 0 Å². The van der Waals surface area contributed by atoms with Gasteiger partial charge in [-0.05, 0) is 43.2 Å². The number of likely N-dealkylation sites (tertiary alicyclic amines) is 1. The molecule has 2 aromatic rings. The summed E-state index contributed by atoms with van der Waals surface area (Å²) in [5.41, 5.74) is 2.19. The van der Waals surface area contributed by atoms with E-state index in [2.05, 4.69) is 9.89 Å². The van der Waals surface area contributed by atoms with Gasteiger partial charge in [-0.1, -0.05) is 36.4 Å². The van der Waals surface area contributed by atoms with Gasteiger partial charge in [-0.15, -0.1) is 0 Å². The lowest BCUT2D eigenvalue weighted by molar-refractivity contribution is -0.115. The first-order valence-corrected chi connectivity index (χ1v) is 10.9. The Morgan fingerprint density at radius 3 is 2.50 bits per heavy atom. The van der Waals surface area contributed by atoms with Crippen LogP contribution in [0, 0.1) is 5.82 Å². The smallest absolute Gasteiger partial charge is 0.287 e. The van der Waals surface area contributed by atoms with Crippen molar-refractivity contribution in [2.75, 3.05) is 18.0 Å². The molecule has 0 atom stereocenters. The summed E-state index contributed by atoms with van der Waals surface area (Å²) >= 11 is 1.29. The molecular formula is C23H20FN3O2S. The van der Waals surface area contributed by atoms with Crippen molar-refractivity contribution in [1.29, 1.82) is 0 Å². The van der Waals surface area contributed by atoms with Crippen molar-refractivity contribution in [3.05, 3.63) is 70.4 Å². The van der Waals surface area contributed by atoms with E-state index in [1.165, 1.54) is 24.2 Å². The van der Waals surface area contributed by atoms with Crippen LogP contribution in [0.3, 0.4) is 0 Å². The SMILES string of the molecule is O=C1N=C(N2CCCCC2)S/C1=C1\C(=O)N(Cc2ccccc2F)c2ccccc21. The summed E-state index contributed by atoms with van der Waals surface area (Å²) in [5, 5.41) is 0.681. The zero-order valence-electron chi connectivity index (χ0n) is 16.3. The van der Waals surface area contributed by atoms with Crippen LogP contribution in [0.15, 0.2) is 58.4 Å². The Morgan fingerprint density at radius 1 is 0.967 bits per heavy atom. The van der Waals surface area contributed by atoms with E-state index in [1.54, 1.807) is 23.1 Å². The van der Waals surface area contributed by atoms with Crippen LogP contribution in [0.5, 0.6) is 0 Å². The molecule has 152 valence electrons. The highest BCUT2D eigenvalue weighted by Crippen LogP contribution is 2.44. The number of hydrogen-bond acceptors (Lipinski definition) is 4. The lowest BCUT2D eigenvalue weighted by Crippen LogP contribution is -2.33. The van der Waals surface area contributed by atoms with Crippen LogP contribution in [-0.4, -0.2) is 35.0 Å². The second-order valence-electron chi connectivity index (χ2n) is 7.55. The highest BCUT2D eigenvalue weighted by atomic mass is 32.2. The number of halogens is 1. The first-order valence-electron chi connectivity index (χ1n) is 10.1. The van der Waals surface area contributed by atoms with Crippen LogP contribution < -0.4 is 4.90 Å². The minimum Gasteiger partial charge on any atom is -0.351 e. The maximum atomic E-state index is 14.2. The third kappa shape index (κ3) is 3.23. The maximum absolute atomic E-state index is 14.2. The average molecular weight is 421 g/mol. The van der Waals surface area contributed by atoms with Gasteiger partial charge in [-0.25, -0.2) is 4.39 Å². The van der Waals surface area contributed by atoms with Crippen LogP contribution in [0.25, 0.3) is 5.57 Å². The summed E-state index contributed by atoms with van der Waals surface area (Å²) < 4.78 is 14.2. The Bertz CT molecular complexity index is 1110. The molecule has 0 aromatic heterocycles. The molecule has 2 amide bonds. The number of thioether (sulfide) groups is 1. The summed E-state index contributed by atoms with van der Waals surface area (Å²) in [6.07, 6.45) is 3.35. The van der Waals surface area contributed by atoms with Crippen molar-refractivity contribution in [2.24, 2.45) is 4.99 Å². The molecule has 0 saturated carbocycles. The highest BCUT2D eigenvalue weighted by molar-refractivity contribution is 8.18. The molecule has 5 nitrogen and oxygen atoms in total. The number of aliphatic imine (C=N–C) groups is 1. The highest BCUT2D eigenvalue weighted by Gasteiger charge is 2.39. The van der Waals surface area contributed by atoms with E-state index in [0.29, 0.717) is 32.5 Å². The zero-order chi connectivity index (χ0) is 20.7. The molecule has 0 aliphatic carbocycles. The fourth-order valence-corrected chi connectivity index (χ4v) is 5.18. The molecule has 30 heavy (non-hydrogen) atoms. The molecular weight excluding hydrogens is 401 g/mol. The largest absolute Gasteiger partial charge is 0.351 e. The average Bonchev–Trinajstić information content (AvgIpc) is 3.28. The molecule has 3 heterocycles. The number of para-hydroxylation sites is 1. The van der Waals surface area contributed by atoms with E-state index >= 15 is 0 Å². The lowest BCUT2D eigenvalue weighted by Gasteiger charge is -2.27. The summed E-state index contributed by atoms with van der Waals surface area (Å²) in [7, 11) is 0. The molecule has 0 N–H and O–H groups in total. The molecule has 7 heteroatoms. The maximum Gasteiger partial charge on any atom is 0.287 e. The Hall–Kier alpha value is -2.93. The molecule has 1 saturated heterocycles. The Morgan fingerprint density at radius 2 is 1.70 bits per heavy atom. The predicted octanol–water partition coefficient (Wildman–Crippen LogP) is 4.20. The van der Waals surface area contributed by atoms with Crippen molar-refractivity contribution in [3.63, 3.8) is 0 Å². The Labute approximate surface area is 178 Å². The Kier molecular flexibility index (Phi) is 4.90. The summed E-state index contributed by atoms with van der Waals surface area (Å²) in [5.74, 6) is -1.01. The van der Waals surface area contributed by atoms with Gasteiger partial charge < -0.3 is 9.80 Å². The van der Waals surface area contributed by atoms with Gasteiger partial charge in [-0.3, -0.25) is 9.59 Å². The molecule has 0 bridgehead atoms. The third-order valence-corrected chi connectivity index (χ3v) is 6.76. The number of piperidine rings is 1. The van der Waals surface area contributed by atoms with E-state index in [-0.39, 0.29) is 24.2 Å². The van der Waals surface area contributed by atoms with E-state index in [1.807, 2.05) is 24.3 Å². The van der Waals surface area contributed by atoms with Gasteiger partial charge in [-0.2, -0.15) is 4.99 Å². The fraction of sp³-hybridized carbons (Fsp3) is 0.261. The minimum atomic E-state index is -0.369. The van der Waals surface area contributed by atoms with Crippen molar-refractivity contribution >= 4 is 40.0 Å². The number of fused-ring (bicyclic) bond motifs is 1. The van der Waals surface area contributed by atoms with E-state index in [9.17, 15) is 14.0 Å². The molecule has 5 rings (SSSR count). The van der Waals surface area contributed by atoms with Crippen LogP contribution in [0.2, 0.25) is 0 Å². The number of benzene rings is 2. The molecule has 3 aliphatic rings. The fourth-order valence-electron chi connectivity index (χ4n) is 4.13. The van der Waals surface area contributed by atoms with E-state index < -0.39 is 0 Å². The van der Waals surface area contributed by atoms with Gasteiger partial charge in [0.25, 0.3) is 11.8 Å². The number of rotatable bonds is 2. The van der Waals surface area contributed by atoms with Gasteiger partial charge >= 0.3 is 0 Å². The van der Waals surface area contributed by atoms with Gasteiger partial charge in [0.1, 0.15) is 5.82 Å². The molecule has 3 aliphatic heterocycles. The normalized spacial score (nSPS) is 21.3. The molecule has 2 aromatic carbocycles. The number of carbonyl (C=O) groups is 2. The summed E-state index contributed by atoms with van der Waals surface area (Å²) in [6.45, 7) is 1.87. The monoisotopic (exact) mass is 421 g/mol. The van der Waals surface area contributed by atoms with E-state index in [0.717, 1.165) is 25.9 Å². The van der Waals surface area contributed by atoms with Gasteiger partial charge in [0, 0.05) is 24.2 Å². The van der Waals surface area contributed by atoms with Crippen molar-refractivity contribution in [3.8, 4) is 0 Å². The number of amides is 2. The lowest BCUT2D eigenvalue weighted by atomic mass is 10.1. The number of anilines is 1. The summed E-state index contributed by atoms with van der Waals surface area (Å²) in [6, 6.07) is 13.8. The number of amidine groups is 1. The second kappa shape index (κ2) is 7.72. The third-order valence-electron chi connectivity index (χ3n) is 5.65. The summed E-state index contributed by atoms with van der Waals surface area (Å²) in [4.78, 5) is 34.5. The van der Waals surface area contributed by atoms with Gasteiger partial charge in [0.15, 0.2) is 5.17 Å². The zero-order valence-corrected chi connectivity index (χ0v) is 17.1. The van der Waals surface area contributed by atoms with Crippen LogP contribution in [0.1, 0.15) is 30.4 Å². The van der Waals surface area contributed by atoms with Crippen molar-refractivity contribution in [1.82, 2.24) is 4.90 Å². The topological polar surface area (TPSA) is 53.0 Å². The first-order chi connectivity index (χ1) is 14.6. The molecule has 0 radical (unpaired) electrons. The minimum absolute atomic E-state index is 0.109. The van der Waals surface area contributed by atoms with Gasteiger partial charge in [0.05, 0.1) is 22.7 Å². The second-order valence-corrected chi connectivity index (χ2v) is 8.53. The Balaban J connectivity index is 1.51. The van der Waals surface area contributed by atoms with Crippen LogP contribution >= 0.6 is 11.8 Å². The van der Waals surface area contributed by atoms with Gasteiger partial charge in [0.2, 0.25) is 0 Å².